The van der Waals surface area contributed by atoms with Gasteiger partial charge in [-0.2, -0.15) is 5.10 Å². The van der Waals surface area contributed by atoms with Gasteiger partial charge in [0.05, 0.1) is 17.9 Å². The molecule has 0 saturated heterocycles. The number of esters is 1. The van der Waals surface area contributed by atoms with Crippen molar-refractivity contribution in [2.24, 2.45) is 0 Å². The molecule has 0 fully saturated rings. The molecular weight excluding hydrogens is 356 g/mol. The third kappa shape index (κ3) is 5.68. The van der Waals surface area contributed by atoms with Gasteiger partial charge in [0, 0.05) is 5.69 Å². The second-order valence-corrected chi connectivity index (χ2v) is 6.80. The maximum Gasteiger partial charge on any atom is 0.338 e. The topological polar surface area (TPSA) is 70.4 Å². The van der Waals surface area contributed by atoms with Gasteiger partial charge < -0.3 is 9.47 Å². The summed E-state index contributed by atoms with van der Waals surface area (Å²) >= 11 is 0. The number of nitrogens with zero attached hydrogens (tertiary/aromatic N) is 2. The number of aromatic nitrogens is 2. The summed E-state index contributed by atoms with van der Waals surface area (Å²) in [5.41, 5.74) is 3.40. The van der Waals surface area contributed by atoms with Gasteiger partial charge in [-0.05, 0) is 63.4 Å². The Bertz CT molecular complexity index is 794. The van der Waals surface area contributed by atoms with Gasteiger partial charge in [-0.15, -0.1) is 0 Å². The number of benzene rings is 1. The second-order valence-electron chi connectivity index (χ2n) is 6.80. The predicted octanol–water partition coefficient (Wildman–Crippen LogP) is 4.52. The average Bonchev–Trinajstić information content (AvgIpc) is 2.98. The summed E-state index contributed by atoms with van der Waals surface area (Å²) < 4.78 is 12.0. The molecule has 0 unspecified atom stereocenters. The van der Waals surface area contributed by atoms with Gasteiger partial charge in [-0.3, -0.25) is 4.79 Å². The maximum absolute atomic E-state index is 12.5. The molecule has 6 heteroatoms. The van der Waals surface area contributed by atoms with Crippen molar-refractivity contribution >= 4 is 11.9 Å². The molecule has 1 aromatic carbocycles. The van der Waals surface area contributed by atoms with Gasteiger partial charge in [0.1, 0.15) is 5.75 Å². The normalized spacial score (nSPS) is 10.7. The standard InChI is InChI=1S/C22H30N2O4/c1-5-7-8-9-10-20-16(3)23-24(17(20)4)21(25)15-28-19-13-11-18(12-14-19)22(26)27-6-2/h11-14H,5-10,15H2,1-4H3. The number of carbonyl (C=O) groups excluding carboxylic acids is 2. The monoisotopic (exact) mass is 386 g/mol. The number of ether oxygens (including phenoxy) is 2. The van der Waals surface area contributed by atoms with Gasteiger partial charge in [0.25, 0.3) is 5.91 Å². The Balaban J connectivity index is 1.95. The van der Waals surface area contributed by atoms with Crippen LogP contribution in [-0.4, -0.2) is 34.9 Å². The van der Waals surface area contributed by atoms with E-state index in [1.165, 1.54) is 23.9 Å². The zero-order chi connectivity index (χ0) is 20.5. The molecule has 1 heterocycles. The molecule has 0 amide bonds. The summed E-state index contributed by atoms with van der Waals surface area (Å²) in [7, 11) is 0. The minimum absolute atomic E-state index is 0.115. The Kier molecular flexibility index (Phi) is 8.23. The van der Waals surface area contributed by atoms with E-state index in [1.807, 2.05) is 13.8 Å². The SMILES string of the molecule is CCCCCCc1c(C)nn(C(=O)COc2ccc(C(=O)OCC)cc2)c1C. The molecule has 0 aliphatic heterocycles. The first-order valence-corrected chi connectivity index (χ1v) is 9.96. The Morgan fingerprint density at radius 2 is 1.75 bits per heavy atom. The van der Waals surface area contributed by atoms with Crippen LogP contribution in [0.4, 0.5) is 0 Å². The first kappa shape index (κ1) is 21.7. The van der Waals surface area contributed by atoms with Crippen LogP contribution in [0.3, 0.4) is 0 Å². The Morgan fingerprint density at radius 1 is 1.04 bits per heavy atom. The van der Waals surface area contributed by atoms with Gasteiger partial charge in [0.2, 0.25) is 0 Å². The molecule has 0 aliphatic rings. The fourth-order valence-corrected chi connectivity index (χ4v) is 3.12. The van der Waals surface area contributed by atoms with Crippen LogP contribution in [0.25, 0.3) is 0 Å². The van der Waals surface area contributed by atoms with Crippen LogP contribution in [0.15, 0.2) is 24.3 Å². The second kappa shape index (κ2) is 10.6. The van der Waals surface area contributed by atoms with Gasteiger partial charge in [-0.1, -0.05) is 26.2 Å². The van der Waals surface area contributed by atoms with E-state index >= 15 is 0 Å². The molecular formula is C22H30N2O4. The van der Waals surface area contributed by atoms with Crippen molar-refractivity contribution < 1.29 is 19.1 Å². The van der Waals surface area contributed by atoms with E-state index < -0.39 is 0 Å². The van der Waals surface area contributed by atoms with Crippen molar-refractivity contribution in [3.8, 4) is 5.75 Å². The number of aryl methyl sites for hydroxylation is 1. The third-order valence-corrected chi connectivity index (χ3v) is 4.69. The predicted molar refractivity (Wildman–Crippen MR) is 108 cm³/mol. The number of unbranched alkanes of at least 4 members (excludes halogenated alkanes) is 3. The van der Waals surface area contributed by atoms with Crippen LogP contribution in [0.1, 0.15) is 71.6 Å². The van der Waals surface area contributed by atoms with Crippen LogP contribution in [0, 0.1) is 13.8 Å². The lowest BCUT2D eigenvalue weighted by atomic mass is 10.0. The average molecular weight is 386 g/mol. The Labute approximate surface area is 166 Å². The minimum atomic E-state index is -0.376. The first-order valence-electron chi connectivity index (χ1n) is 9.96. The quantitative estimate of drug-likeness (QED) is 0.443. The van der Waals surface area contributed by atoms with Gasteiger partial charge in [0.15, 0.2) is 6.61 Å². The highest BCUT2D eigenvalue weighted by molar-refractivity contribution is 5.89. The summed E-state index contributed by atoms with van der Waals surface area (Å²) in [6, 6.07) is 6.55. The van der Waals surface area contributed by atoms with E-state index in [1.54, 1.807) is 31.2 Å². The summed E-state index contributed by atoms with van der Waals surface area (Å²) in [6.07, 6.45) is 5.68. The summed E-state index contributed by atoms with van der Waals surface area (Å²) in [4.78, 5) is 24.2. The van der Waals surface area contributed by atoms with E-state index in [-0.39, 0.29) is 18.5 Å². The van der Waals surface area contributed by atoms with Crippen molar-refractivity contribution in [2.45, 2.75) is 59.8 Å². The maximum atomic E-state index is 12.5. The third-order valence-electron chi connectivity index (χ3n) is 4.69. The van der Waals surface area contributed by atoms with Crippen molar-refractivity contribution in [1.82, 2.24) is 9.78 Å². The van der Waals surface area contributed by atoms with Crippen LogP contribution < -0.4 is 4.74 Å². The van der Waals surface area contributed by atoms with E-state index in [0.29, 0.717) is 17.9 Å². The van der Waals surface area contributed by atoms with Crippen LogP contribution >= 0.6 is 0 Å². The molecule has 0 radical (unpaired) electrons. The highest BCUT2D eigenvalue weighted by atomic mass is 16.5. The molecule has 152 valence electrons. The van der Waals surface area contributed by atoms with E-state index in [4.69, 9.17) is 9.47 Å². The molecule has 0 spiro atoms. The minimum Gasteiger partial charge on any atom is -0.484 e. The molecule has 2 rings (SSSR count). The molecule has 0 bridgehead atoms. The Hall–Kier alpha value is -2.63. The molecule has 28 heavy (non-hydrogen) atoms. The van der Waals surface area contributed by atoms with Crippen molar-refractivity contribution in [3.63, 3.8) is 0 Å². The van der Waals surface area contributed by atoms with Gasteiger partial charge >= 0.3 is 5.97 Å². The van der Waals surface area contributed by atoms with E-state index in [9.17, 15) is 9.59 Å². The van der Waals surface area contributed by atoms with E-state index in [2.05, 4.69) is 12.0 Å². The summed E-state index contributed by atoms with van der Waals surface area (Å²) in [5, 5.41) is 4.40. The van der Waals surface area contributed by atoms with Crippen molar-refractivity contribution in [1.29, 1.82) is 0 Å². The molecule has 6 nitrogen and oxygen atoms in total. The number of hydrogen-bond donors (Lipinski definition) is 0. The number of hydrogen-bond acceptors (Lipinski definition) is 5. The zero-order valence-corrected chi connectivity index (χ0v) is 17.3. The lowest BCUT2D eigenvalue weighted by molar-refractivity contribution is 0.0526. The van der Waals surface area contributed by atoms with Crippen LogP contribution in [0.5, 0.6) is 5.75 Å². The van der Waals surface area contributed by atoms with Crippen LogP contribution in [-0.2, 0) is 11.2 Å². The molecule has 2 aromatic rings. The largest absolute Gasteiger partial charge is 0.484 e. The molecule has 0 saturated carbocycles. The fraction of sp³-hybridized carbons (Fsp3) is 0.500. The molecule has 1 aromatic heterocycles. The smallest absolute Gasteiger partial charge is 0.338 e. The zero-order valence-electron chi connectivity index (χ0n) is 17.3. The van der Waals surface area contributed by atoms with Crippen LogP contribution in [0.2, 0.25) is 0 Å². The molecule has 0 N–H and O–H groups in total. The summed E-state index contributed by atoms with van der Waals surface area (Å²) in [6.45, 7) is 8.04. The number of rotatable bonds is 10. The van der Waals surface area contributed by atoms with Crippen molar-refractivity contribution in [2.75, 3.05) is 13.2 Å². The number of carbonyl (C=O) groups is 2. The lowest BCUT2D eigenvalue weighted by Gasteiger charge is -2.08. The fourth-order valence-electron chi connectivity index (χ4n) is 3.12. The summed E-state index contributed by atoms with van der Waals surface area (Å²) in [5.74, 6) is -0.0724. The highest BCUT2D eigenvalue weighted by Crippen LogP contribution is 2.18. The van der Waals surface area contributed by atoms with Crippen molar-refractivity contribution in [3.05, 3.63) is 46.8 Å². The first-order chi connectivity index (χ1) is 13.5. The highest BCUT2D eigenvalue weighted by Gasteiger charge is 2.17. The lowest BCUT2D eigenvalue weighted by Crippen LogP contribution is -2.21. The Morgan fingerprint density at radius 3 is 2.39 bits per heavy atom. The molecule has 0 atom stereocenters. The molecule has 0 aliphatic carbocycles. The van der Waals surface area contributed by atoms with E-state index in [0.717, 1.165) is 29.8 Å². The van der Waals surface area contributed by atoms with Gasteiger partial charge in [-0.25, -0.2) is 9.48 Å².